The summed E-state index contributed by atoms with van der Waals surface area (Å²) in [6.07, 6.45) is 1.43. The second-order valence-electron chi connectivity index (χ2n) is 6.92. The third kappa shape index (κ3) is 3.93. The molecule has 0 saturated carbocycles. The Morgan fingerprint density at radius 2 is 1.97 bits per heavy atom. The first-order chi connectivity index (χ1) is 14.3. The molecule has 1 unspecified atom stereocenters. The van der Waals surface area contributed by atoms with Crippen molar-refractivity contribution in [3.63, 3.8) is 0 Å². The first kappa shape index (κ1) is 20.8. The number of halogens is 2. The molecule has 4 rings (SSSR count). The summed E-state index contributed by atoms with van der Waals surface area (Å²) in [5.41, 5.74) is 2.99. The predicted molar refractivity (Wildman–Crippen MR) is 127 cm³/mol. The highest BCUT2D eigenvalue weighted by Gasteiger charge is 2.21. The molecule has 8 heteroatoms. The lowest BCUT2D eigenvalue weighted by Gasteiger charge is -2.16. The topological polar surface area (TPSA) is 64.0 Å². The molecule has 0 radical (unpaired) electrons. The Hall–Kier alpha value is -2.48. The monoisotopic (exact) mass is 501 g/mol. The van der Waals surface area contributed by atoms with Crippen LogP contribution in [0, 0.1) is 6.92 Å². The molecule has 0 fully saturated rings. The highest BCUT2D eigenvalue weighted by molar-refractivity contribution is 9.10. The van der Waals surface area contributed by atoms with E-state index in [1.54, 1.807) is 19.1 Å². The van der Waals surface area contributed by atoms with E-state index in [0.29, 0.717) is 20.9 Å². The van der Waals surface area contributed by atoms with Crippen molar-refractivity contribution in [2.24, 2.45) is 0 Å². The quantitative estimate of drug-likeness (QED) is 0.369. The molecule has 30 heavy (non-hydrogen) atoms. The van der Waals surface area contributed by atoms with Crippen LogP contribution in [-0.4, -0.2) is 15.5 Å². The largest absolute Gasteiger partial charge is 0.324 e. The average molecular weight is 503 g/mol. The first-order valence-electron chi connectivity index (χ1n) is 9.16. The number of fused-ring (bicyclic) bond motifs is 1. The van der Waals surface area contributed by atoms with E-state index in [1.165, 1.54) is 22.2 Å². The number of anilines is 1. The Balaban J connectivity index is 1.72. The fraction of sp³-hybridized carbons (Fsp3) is 0.136. The number of aryl methyl sites for hydroxylation is 1. The van der Waals surface area contributed by atoms with Gasteiger partial charge in [0.15, 0.2) is 0 Å². The van der Waals surface area contributed by atoms with Gasteiger partial charge in [0.2, 0.25) is 5.91 Å². The van der Waals surface area contributed by atoms with E-state index >= 15 is 0 Å². The lowest BCUT2D eigenvalue weighted by molar-refractivity contribution is -0.118. The van der Waals surface area contributed by atoms with Crippen LogP contribution in [0.4, 0.5) is 5.69 Å². The zero-order valence-electron chi connectivity index (χ0n) is 16.1. The van der Waals surface area contributed by atoms with E-state index in [-0.39, 0.29) is 11.5 Å². The van der Waals surface area contributed by atoms with Crippen molar-refractivity contribution in [2.45, 2.75) is 19.9 Å². The van der Waals surface area contributed by atoms with Gasteiger partial charge >= 0.3 is 0 Å². The fourth-order valence-electron chi connectivity index (χ4n) is 3.16. The van der Waals surface area contributed by atoms with E-state index in [4.69, 9.17) is 11.6 Å². The summed E-state index contributed by atoms with van der Waals surface area (Å²) < 4.78 is 2.33. The number of hydrogen-bond acceptors (Lipinski definition) is 4. The van der Waals surface area contributed by atoms with Crippen molar-refractivity contribution in [1.29, 1.82) is 0 Å². The number of rotatable bonds is 4. The van der Waals surface area contributed by atoms with Crippen LogP contribution in [0.2, 0.25) is 5.02 Å². The molecule has 5 nitrogen and oxygen atoms in total. The fourth-order valence-corrected chi connectivity index (χ4v) is 4.50. The van der Waals surface area contributed by atoms with Crippen LogP contribution >= 0.6 is 38.9 Å². The number of carbonyl (C=O) groups excluding carboxylic acids is 1. The first-order valence-corrected chi connectivity index (χ1v) is 11.2. The summed E-state index contributed by atoms with van der Waals surface area (Å²) in [4.78, 5) is 31.2. The van der Waals surface area contributed by atoms with E-state index < -0.39 is 6.04 Å². The minimum atomic E-state index is -0.745. The van der Waals surface area contributed by atoms with E-state index in [1.807, 2.05) is 42.6 Å². The lowest BCUT2D eigenvalue weighted by atomic mass is 10.1. The molecule has 2 aromatic heterocycles. The Morgan fingerprint density at radius 1 is 1.23 bits per heavy atom. The molecular formula is C22H17BrClN3O2S. The highest BCUT2D eigenvalue weighted by Crippen LogP contribution is 2.31. The maximum atomic E-state index is 13.3. The van der Waals surface area contributed by atoms with Crippen molar-refractivity contribution < 1.29 is 4.79 Å². The Labute approximate surface area is 190 Å². The standard InChI is InChI=1S/C22H17BrClN3O2S/c1-12-3-8-16(24)9-18(12)26-20(28)13(2)27-11-25-21-19(22(27)29)17(10-30-21)14-4-6-15(23)7-5-14/h3-11,13H,1-2H3,(H,26,28). The van der Waals surface area contributed by atoms with E-state index in [9.17, 15) is 9.59 Å². The number of amides is 1. The van der Waals surface area contributed by atoms with Gasteiger partial charge in [0.05, 0.1) is 11.7 Å². The minimum absolute atomic E-state index is 0.246. The molecule has 0 spiro atoms. The number of benzene rings is 2. The molecule has 0 aliphatic heterocycles. The molecule has 0 saturated heterocycles. The van der Waals surface area contributed by atoms with E-state index in [2.05, 4.69) is 26.2 Å². The summed E-state index contributed by atoms with van der Waals surface area (Å²) in [5, 5.41) is 5.83. The molecule has 1 amide bonds. The number of thiophene rings is 1. The third-order valence-corrected chi connectivity index (χ3v) is 6.58. The summed E-state index contributed by atoms with van der Waals surface area (Å²) in [6.45, 7) is 3.56. The third-order valence-electron chi connectivity index (χ3n) is 4.93. The average Bonchev–Trinajstić information content (AvgIpc) is 3.16. The van der Waals surface area contributed by atoms with Gasteiger partial charge in [-0.2, -0.15) is 0 Å². The number of nitrogens with one attached hydrogen (secondary N) is 1. The number of carbonyl (C=O) groups is 1. The SMILES string of the molecule is Cc1ccc(Cl)cc1NC(=O)C(C)n1cnc2scc(-c3ccc(Br)cc3)c2c1=O. The van der Waals surface area contributed by atoms with Crippen LogP contribution in [-0.2, 0) is 4.79 Å². The van der Waals surface area contributed by atoms with Crippen LogP contribution in [0.15, 0.2) is 63.4 Å². The lowest BCUT2D eigenvalue weighted by Crippen LogP contribution is -2.31. The van der Waals surface area contributed by atoms with Crippen LogP contribution in [0.1, 0.15) is 18.5 Å². The molecule has 2 aromatic carbocycles. The molecule has 0 aliphatic rings. The molecule has 0 aliphatic carbocycles. The summed E-state index contributed by atoms with van der Waals surface area (Å²) in [7, 11) is 0. The molecule has 1 atom stereocenters. The minimum Gasteiger partial charge on any atom is -0.324 e. The van der Waals surface area contributed by atoms with Gasteiger partial charge in [-0.3, -0.25) is 14.2 Å². The van der Waals surface area contributed by atoms with Gasteiger partial charge < -0.3 is 5.32 Å². The van der Waals surface area contributed by atoms with Gasteiger partial charge in [0, 0.05) is 26.1 Å². The molecule has 4 aromatic rings. The van der Waals surface area contributed by atoms with Crippen LogP contribution in [0.3, 0.4) is 0 Å². The maximum Gasteiger partial charge on any atom is 0.263 e. The Bertz CT molecular complexity index is 1310. The zero-order chi connectivity index (χ0) is 21.4. The van der Waals surface area contributed by atoms with Crippen LogP contribution < -0.4 is 10.9 Å². The van der Waals surface area contributed by atoms with Crippen molar-refractivity contribution in [3.05, 3.63) is 79.6 Å². The smallest absolute Gasteiger partial charge is 0.263 e. The molecule has 1 N–H and O–H groups in total. The van der Waals surface area contributed by atoms with Crippen LogP contribution in [0.5, 0.6) is 0 Å². The van der Waals surface area contributed by atoms with Gasteiger partial charge in [0.1, 0.15) is 10.9 Å². The van der Waals surface area contributed by atoms with Gasteiger partial charge in [-0.1, -0.05) is 45.7 Å². The molecule has 2 heterocycles. The Morgan fingerprint density at radius 3 is 2.70 bits per heavy atom. The number of aromatic nitrogens is 2. The zero-order valence-corrected chi connectivity index (χ0v) is 19.3. The Kier molecular flexibility index (Phi) is 5.77. The van der Waals surface area contributed by atoms with Gasteiger partial charge in [0.25, 0.3) is 5.56 Å². The van der Waals surface area contributed by atoms with Crippen LogP contribution in [0.25, 0.3) is 21.3 Å². The van der Waals surface area contributed by atoms with E-state index in [0.717, 1.165) is 21.2 Å². The van der Waals surface area contributed by atoms with Gasteiger partial charge in [-0.05, 0) is 49.2 Å². The highest BCUT2D eigenvalue weighted by atomic mass is 79.9. The second-order valence-corrected chi connectivity index (χ2v) is 9.13. The number of nitrogens with zero attached hydrogens (tertiary/aromatic N) is 2. The van der Waals surface area contributed by atoms with Gasteiger partial charge in [-0.15, -0.1) is 11.3 Å². The van der Waals surface area contributed by atoms with Crippen molar-refractivity contribution in [2.75, 3.05) is 5.32 Å². The van der Waals surface area contributed by atoms with Crippen molar-refractivity contribution in [3.8, 4) is 11.1 Å². The maximum absolute atomic E-state index is 13.3. The summed E-state index contributed by atoms with van der Waals surface area (Å²) >= 11 is 10.9. The summed E-state index contributed by atoms with van der Waals surface area (Å²) in [5.74, 6) is -0.316. The van der Waals surface area contributed by atoms with Crippen molar-refractivity contribution in [1.82, 2.24) is 9.55 Å². The van der Waals surface area contributed by atoms with Gasteiger partial charge in [-0.25, -0.2) is 4.98 Å². The predicted octanol–water partition coefficient (Wildman–Crippen LogP) is 6.05. The number of hydrogen-bond donors (Lipinski definition) is 1. The molecule has 0 bridgehead atoms. The molecule has 152 valence electrons. The second kappa shape index (κ2) is 8.34. The normalized spacial score (nSPS) is 12.1. The summed E-state index contributed by atoms with van der Waals surface area (Å²) in [6, 6.07) is 12.3. The molecular weight excluding hydrogens is 486 g/mol. The van der Waals surface area contributed by atoms with Crippen molar-refractivity contribution >= 4 is 60.7 Å².